The highest BCUT2D eigenvalue weighted by Gasteiger charge is 2.09. The van der Waals surface area contributed by atoms with Crippen molar-refractivity contribution < 1.29 is 9.84 Å². The van der Waals surface area contributed by atoms with Crippen LogP contribution in [-0.4, -0.2) is 43.4 Å². The van der Waals surface area contributed by atoms with Crippen LogP contribution in [0.5, 0.6) is 0 Å². The number of nitrogens with zero attached hydrogens (tertiary/aromatic N) is 1. The molecule has 0 aliphatic carbocycles. The average molecular weight is 303 g/mol. The second-order valence-corrected chi connectivity index (χ2v) is 4.61. The fraction of sp³-hybridized carbons (Fsp3) is 0.500. The van der Waals surface area contributed by atoms with Crippen LogP contribution >= 0.6 is 15.9 Å². The van der Waals surface area contributed by atoms with Gasteiger partial charge in [0, 0.05) is 36.9 Å². The molecule has 1 aromatic carbocycles. The Morgan fingerprint density at radius 2 is 2.18 bits per heavy atom. The Bertz CT molecular complexity index is 347. The van der Waals surface area contributed by atoms with Gasteiger partial charge in [-0.15, -0.1) is 0 Å². The molecule has 0 aliphatic heterocycles. The summed E-state index contributed by atoms with van der Waals surface area (Å²) in [5.74, 6) is 0. The first-order valence-electron chi connectivity index (χ1n) is 5.54. The zero-order valence-corrected chi connectivity index (χ0v) is 11.6. The van der Waals surface area contributed by atoms with E-state index in [-0.39, 0.29) is 6.61 Å². The lowest BCUT2D eigenvalue weighted by Crippen LogP contribution is -2.30. The number of anilines is 1. The number of methoxy groups -OCH3 is 1. The van der Waals surface area contributed by atoms with Crippen molar-refractivity contribution in [1.29, 1.82) is 0 Å². The Balaban J connectivity index is 2.67. The quantitative estimate of drug-likeness (QED) is 0.749. The van der Waals surface area contributed by atoms with Crippen LogP contribution < -0.4 is 5.73 Å². The molecule has 1 aromatic rings. The van der Waals surface area contributed by atoms with Crippen LogP contribution in [0.2, 0.25) is 0 Å². The van der Waals surface area contributed by atoms with Crippen molar-refractivity contribution in [2.24, 2.45) is 0 Å². The predicted molar refractivity (Wildman–Crippen MR) is 72.8 cm³/mol. The third-order valence-electron chi connectivity index (χ3n) is 2.53. The van der Waals surface area contributed by atoms with Crippen LogP contribution in [0.25, 0.3) is 0 Å². The van der Waals surface area contributed by atoms with E-state index in [9.17, 15) is 0 Å². The fourth-order valence-electron chi connectivity index (χ4n) is 1.59. The summed E-state index contributed by atoms with van der Waals surface area (Å²) >= 11 is 3.48. The van der Waals surface area contributed by atoms with E-state index in [1.54, 1.807) is 7.11 Å². The van der Waals surface area contributed by atoms with E-state index in [0.717, 1.165) is 28.8 Å². The molecule has 0 unspecified atom stereocenters. The van der Waals surface area contributed by atoms with Crippen molar-refractivity contribution >= 4 is 21.6 Å². The van der Waals surface area contributed by atoms with Crippen molar-refractivity contribution in [3.63, 3.8) is 0 Å². The highest BCUT2D eigenvalue weighted by molar-refractivity contribution is 9.10. The summed E-state index contributed by atoms with van der Waals surface area (Å²) in [6.45, 7) is 2.96. The molecule has 0 bridgehead atoms. The monoisotopic (exact) mass is 302 g/mol. The maximum absolute atomic E-state index is 9.02. The molecule has 0 radical (unpaired) electrons. The van der Waals surface area contributed by atoms with Crippen molar-refractivity contribution in [2.75, 3.05) is 39.1 Å². The van der Waals surface area contributed by atoms with Crippen LogP contribution in [0.15, 0.2) is 22.7 Å². The van der Waals surface area contributed by atoms with Gasteiger partial charge >= 0.3 is 0 Å². The van der Waals surface area contributed by atoms with Gasteiger partial charge in [-0.1, -0.05) is 12.1 Å². The predicted octanol–water partition coefficient (Wildman–Crippen LogP) is 1.47. The van der Waals surface area contributed by atoms with E-state index < -0.39 is 0 Å². The molecule has 5 heteroatoms. The van der Waals surface area contributed by atoms with Gasteiger partial charge < -0.3 is 15.6 Å². The van der Waals surface area contributed by atoms with Crippen LogP contribution in [0, 0.1) is 0 Å². The zero-order valence-electron chi connectivity index (χ0n) is 10.0. The molecular weight excluding hydrogens is 284 g/mol. The number of ether oxygens (including phenoxy) is 1. The lowest BCUT2D eigenvalue weighted by Gasteiger charge is -2.21. The minimum atomic E-state index is 0.143. The van der Waals surface area contributed by atoms with E-state index in [1.807, 2.05) is 18.2 Å². The van der Waals surface area contributed by atoms with Crippen LogP contribution in [0.3, 0.4) is 0 Å². The topological polar surface area (TPSA) is 58.7 Å². The summed E-state index contributed by atoms with van der Waals surface area (Å²) in [6.07, 6.45) is 0. The van der Waals surface area contributed by atoms with Crippen molar-refractivity contribution in [1.82, 2.24) is 4.90 Å². The Morgan fingerprint density at radius 3 is 2.82 bits per heavy atom. The molecule has 0 aromatic heterocycles. The van der Waals surface area contributed by atoms with Gasteiger partial charge in [-0.25, -0.2) is 0 Å². The SMILES string of the molecule is COCCN(CCO)Cc1cccc(N)c1Br. The molecule has 0 saturated heterocycles. The molecule has 0 heterocycles. The van der Waals surface area contributed by atoms with Gasteiger partial charge in [0.2, 0.25) is 0 Å². The molecule has 3 N–H and O–H groups in total. The zero-order chi connectivity index (χ0) is 12.7. The summed E-state index contributed by atoms with van der Waals surface area (Å²) in [7, 11) is 1.67. The molecule has 0 atom stereocenters. The lowest BCUT2D eigenvalue weighted by atomic mass is 10.2. The Morgan fingerprint density at radius 1 is 1.41 bits per heavy atom. The first-order chi connectivity index (χ1) is 8.19. The second-order valence-electron chi connectivity index (χ2n) is 3.81. The number of benzene rings is 1. The summed E-state index contributed by atoms with van der Waals surface area (Å²) in [5.41, 5.74) is 7.69. The van der Waals surface area contributed by atoms with Gasteiger partial charge in [0.1, 0.15) is 0 Å². The van der Waals surface area contributed by atoms with Gasteiger partial charge in [-0.2, -0.15) is 0 Å². The molecule has 1 rings (SSSR count). The fourth-order valence-corrected chi connectivity index (χ4v) is 1.98. The molecule has 0 fully saturated rings. The summed E-state index contributed by atoms with van der Waals surface area (Å²) < 4.78 is 5.98. The first kappa shape index (κ1) is 14.4. The number of halogens is 1. The van der Waals surface area contributed by atoms with Crippen molar-refractivity contribution in [2.45, 2.75) is 6.54 Å². The van der Waals surface area contributed by atoms with E-state index in [2.05, 4.69) is 20.8 Å². The van der Waals surface area contributed by atoms with Gasteiger partial charge in [0.05, 0.1) is 13.2 Å². The number of rotatable bonds is 7. The highest BCUT2D eigenvalue weighted by Crippen LogP contribution is 2.24. The molecule has 0 aliphatic rings. The van der Waals surface area contributed by atoms with Gasteiger partial charge in [0.25, 0.3) is 0 Å². The van der Waals surface area contributed by atoms with Crippen LogP contribution in [0.4, 0.5) is 5.69 Å². The van der Waals surface area contributed by atoms with E-state index in [1.165, 1.54) is 0 Å². The van der Waals surface area contributed by atoms with Crippen molar-refractivity contribution in [3.8, 4) is 0 Å². The largest absolute Gasteiger partial charge is 0.398 e. The van der Waals surface area contributed by atoms with E-state index in [4.69, 9.17) is 15.6 Å². The van der Waals surface area contributed by atoms with E-state index in [0.29, 0.717) is 13.2 Å². The normalized spacial score (nSPS) is 11.1. The number of aliphatic hydroxyl groups is 1. The molecule has 96 valence electrons. The molecule has 0 spiro atoms. The van der Waals surface area contributed by atoms with E-state index >= 15 is 0 Å². The third-order valence-corrected chi connectivity index (χ3v) is 3.50. The van der Waals surface area contributed by atoms with Crippen molar-refractivity contribution in [3.05, 3.63) is 28.2 Å². The minimum Gasteiger partial charge on any atom is -0.398 e. The average Bonchev–Trinajstić information content (AvgIpc) is 2.32. The standard InChI is InChI=1S/C12H19BrN2O2/c1-17-8-6-15(5-7-16)9-10-3-2-4-11(14)12(10)13/h2-4,16H,5-9,14H2,1H3. The number of aliphatic hydroxyl groups excluding tert-OH is 1. The maximum atomic E-state index is 9.02. The minimum absolute atomic E-state index is 0.143. The van der Waals surface area contributed by atoms with Crippen LogP contribution in [-0.2, 0) is 11.3 Å². The second kappa shape index (κ2) is 7.66. The van der Waals surface area contributed by atoms with Gasteiger partial charge in [0.15, 0.2) is 0 Å². The maximum Gasteiger partial charge on any atom is 0.0589 e. The Kier molecular flexibility index (Phi) is 6.50. The lowest BCUT2D eigenvalue weighted by molar-refractivity contribution is 0.127. The number of hydrogen-bond donors (Lipinski definition) is 2. The first-order valence-corrected chi connectivity index (χ1v) is 6.33. The Labute approximate surface area is 110 Å². The molecule has 17 heavy (non-hydrogen) atoms. The smallest absolute Gasteiger partial charge is 0.0589 e. The number of nitrogens with two attached hydrogens (primary N) is 1. The highest BCUT2D eigenvalue weighted by atomic mass is 79.9. The van der Waals surface area contributed by atoms with Gasteiger partial charge in [-0.3, -0.25) is 4.90 Å². The summed E-state index contributed by atoms with van der Waals surface area (Å²) in [4.78, 5) is 2.13. The molecule has 4 nitrogen and oxygen atoms in total. The molecule has 0 saturated carbocycles. The Hall–Kier alpha value is -0.620. The molecular formula is C12H19BrN2O2. The number of nitrogen functional groups attached to an aromatic ring is 1. The van der Waals surface area contributed by atoms with Gasteiger partial charge in [-0.05, 0) is 27.6 Å². The summed E-state index contributed by atoms with van der Waals surface area (Å²) in [6, 6.07) is 5.82. The molecule has 0 amide bonds. The van der Waals surface area contributed by atoms with Crippen LogP contribution in [0.1, 0.15) is 5.56 Å². The number of hydrogen-bond acceptors (Lipinski definition) is 4. The third kappa shape index (κ3) is 4.63. The summed E-state index contributed by atoms with van der Waals surface area (Å²) in [5, 5.41) is 9.02.